The van der Waals surface area contributed by atoms with E-state index in [-0.39, 0.29) is 37.0 Å². The van der Waals surface area contributed by atoms with Gasteiger partial charge in [-0.2, -0.15) is 0 Å². The van der Waals surface area contributed by atoms with Crippen LogP contribution in [0.2, 0.25) is 0 Å². The number of nitrogens with one attached hydrogen (secondary N) is 1. The predicted octanol–water partition coefficient (Wildman–Crippen LogP) is -0.187. The van der Waals surface area contributed by atoms with E-state index in [2.05, 4.69) is 22.2 Å². The average molecular weight is 390 g/mol. The molecule has 0 spiro atoms. The first-order valence-electron chi connectivity index (χ1n) is 9.97. The minimum atomic E-state index is -0.494. The average Bonchev–Trinajstić information content (AvgIpc) is 2.70. The molecule has 0 radical (unpaired) electrons. The number of hydrogen-bond acceptors (Lipinski definition) is 6. The van der Waals surface area contributed by atoms with Crippen molar-refractivity contribution >= 4 is 11.8 Å². The fourth-order valence-electron chi connectivity index (χ4n) is 3.75. The highest BCUT2D eigenvalue weighted by Crippen LogP contribution is 2.23. The summed E-state index contributed by atoms with van der Waals surface area (Å²) in [5, 5.41) is 12.7. The Balaban J connectivity index is 1.46. The number of aliphatic hydroxyl groups is 1. The third-order valence-corrected chi connectivity index (χ3v) is 5.47. The fourth-order valence-corrected chi connectivity index (χ4v) is 3.75. The summed E-state index contributed by atoms with van der Waals surface area (Å²) in [7, 11) is 2.06. The van der Waals surface area contributed by atoms with Crippen molar-refractivity contribution in [2.24, 2.45) is 0 Å². The lowest BCUT2D eigenvalue weighted by atomic mass is 9.96. The van der Waals surface area contributed by atoms with Gasteiger partial charge in [-0.15, -0.1) is 0 Å². The summed E-state index contributed by atoms with van der Waals surface area (Å²) in [4.78, 5) is 33.1. The third-order valence-electron chi connectivity index (χ3n) is 5.47. The molecule has 2 fully saturated rings. The second-order valence-corrected chi connectivity index (χ2v) is 7.62. The highest BCUT2D eigenvalue weighted by atomic mass is 16.5. The van der Waals surface area contributed by atoms with Crippen LogP contribution in [0.5, 0.6) is 0 Å². The first-order chi connectivity index (χ1) is 13.5. The lowest BCUT2D eigenvalue weighted by Gasteiger charge is -2.37. The van der Waals surface area contributed by atoms with Crippen molar-refractivity contribution in [3.05, 3.63) is 30.1 Å². The van der Waals surface area contributed by atoms with E-state index in [1.54, 1.807) is 12.3 Å². The minimum absolute atomic E-state index is 0.104. The molecule has 0 aromatic carbocycles. The zero-order valence-corrected chi connectivity index (χ0v) is 16.4. The van der Waals surface area contributed by atoms with E-state index in [4.69, 9.17) is 4.74 Å². The Kier molecular flexibility index (Phi) is 7.36. The largest absolute Gasteiger partial charge is 0.394 e. The molecule has 2 saturated heterocycles. The molecule has 1 aromatic rings. The summed E-state index contributed by atoms with van der Waals surface area (Å²) in [6.07, 6.45) is 2.84. The van der Waals surface area contributed by atoms with Crippen molar-refractivity contribution in [2.75, 3.05) is 39.8 Å². The molecule has 0 saturated carbocycles. The van der Waals surface area contributed by atoms with Gasteiger partial charge in [-0.05, 0) is 32.0 Å². The molecule has 28 heavy (non-hydrogen) atoms. The van der Waals surface area contributed by atoms with Gasteiger partial charge >= 0.3 is 0 Å². The van der Waals surface area contributed by atoms with Gasteiger partial charge < -0.3 is 25.0 Å². The van der Waals surface area contributed by atoms with Crippen LogP contribution >= 0.6 is 0 Å². The molecule has 8 nitrogen and oxygen atoms in total. The normalized spacial score (nSPS) is 26.1. The van der Waals surface area contributed by atoms with E-state index in [0.717, 1.165) is 26.2 Å². The zero-order valence-electron chi connectivity index (χ0n) is 16.4. The molecular formula is C20H30N4O4. The van der Waals surface area contributed by atoms with E-state index >= 15 is 0 Å². The van der Waals surface area contributed by atoms with Crippen molar-refractivity contribution in [1.29, 1.82) is 0 Å². The third kappa shape index (κ3) is 5.73. The summed E-state index contributed by atoms with van der Waals surface area (Å²) < 4.78 is 5.94. The molecule has 2 aliphatic heterocycles. The van der Waals surface area contributed by atoms with E-state index < -0.39 is 6.10 Å². The number of carbonyl (C=O) groups is 2. The van der Waals surface area contributed by atoms with E-state index in [0.29, 0.717) is 25.0 Å². The van der Waals surface area contributed by atoms with Crippen LogP contribution in [0.3, 0.4) is 0 Å². The molecule has 0 unspecified atom stereocenters. The molecular weight excluding hydrogens is 360 g/mol. The Morgan fingerprint density at radius 3 is 2.71 bits per heavy atom. The van der Waals surface area contributed by atoms with Gasteiger partial charge in [-0.1, -0.05) is 6.07 Å². The number of likely N-dealkylation sites (N-methyl/N-ethyl adjacent to an activating group) is 1. The van der Waals surface area contributed by atoms with E-state index in [9.17, 15) is 14.7 Å². The molecule has 1 aromatic heterocycles. The first-order valence-corrected chi connectivity index (χ1v) is 9.97. The zero-order chi connectivity index (χ0) is 19.9. The molecule has 0 aliphatic carbocycles. The number of hydrogen-bond donors (Lipinski definition) is 2. The topological polar surface area (TPSA) is 95.0 Å². The summed E-state index contributed by atoms with van der Waals surface area (Å²) in [6, 6.07) is 5.20. The minimum Gasteiger partial charge on any atom is -0.394 e. The summed E-state index contributed by atoms with van der Waals surface area (Å²) in [5.41, 5.74) is 0.702. The fraction of sp³-hybridized carbons (Fsp3) is 0.650. The van der Waals surface area contributed by atoms with Gasteiger partial charge in [0.2, 0.25) is 11.8 Å². The lowest BCUT2D eigenvalue weighted by molar-refractivity contribution is -0.143. The summed E-state index contributed by atoms with van der Waals surface area (Å²) >= 11 is 0. The Bertz CT molecular complexity index is 649. The van der Waals surface area contributed by atoms with Crippen LogP contribution in [0, 0.1) is 0 Å². The second-order valence-electron chi connectivity index (χ2n) is 7.62. The SMILES string of the molecule is CN1CCN(C(=O)C[C@@H]2CC[C@H](NC(=O)Cc3ccccn3)[C@H](CO)O2)CC1. The van der Waals surface area contributed by atoms with Crippen molar-refractivity contribution in [3.8, 4) is 0 Å². The molecule has 3 heterocycles. The van der Waals surface area contributed by atoms with Gasteiger partial charge in [-0.3, -0.25) is 14.6 Å². The summed E-state index contributed by atoms with van der Waals surface area (Å²) in [5.74, 6) is -0.0369. The second kappa shape index (κ2) is 9.95. The van der Waals surface area contributed by atoms with Crippen molar-refractivity contribution in [3.63, 3.8) is 0 Å². The predicted molar refractivity (Wildman–Crippen MR) is 104 cm³/mol. The van der Waals surface area contributed by atoms with Crippen molar-refractivity contribution in [1.82, 2.24) is 20.1 Å². The standard InChI is InChI=1S/C20H30N4O4/c1-23-8-10-24(11-9-23)20(27)13-16-5-6-17(18(14-25)28-16)22-19(26)12-15-4-2-3-7-21-15/h2-4,7,16-18,25H,5-6,8-14H2,1H3,(H,22,26)/t16-,17-,18-/m0/s1. The quantitative estimate of drug-likeness (QED) is 0.699. The van der Waals surface area contributed by atoms with Gasteiger partial charge in [0, 0.05) is 38.1 Å². The van der Waals surface area contributed by atoms with Crippen LogP contribution in [-0.2, 0) is 20.7 Å². The Labute approximate surface area is 165 Å². The monoisotopic (exact) mass is 390 g/mol. The number of nitrogens with zero attached hydrogens (tertiary/aromatic N) is 3. The van der Waals surface area contributed by atoms with Crippen molar-refractivity contribution < 1.29 is 19.4 Å². The van der Waals surface area contributed by atoms with Crippen LogP contribution in [0.4, 0.5) is 0 Å². The highest BCUT2D eigenvalue weighted by molar-refractivity contribution is 5.78. The Morgan fingerprint density at radius 1 is 1.25 bits per heavy atom. The number of aromatic nitrogens is 1. The first kappa shape index (κ1) is 20.7. The molecule has 3 rings (SSSR count). The summed E-state index contributed by atoms with van der Waals surface area (Å²) in [6.45, 7) is 3.09. The number of rotatable bonds is 6. The number of carbonyl (C=O) groups excluding carboxylic acids is 2. The van der Waals surface area contributed by atoms with E-state index in [1.807, 2.05) is 17.0 Å². The van der Waals surface area contributed by atoms with Crippen LogP contribution in [0.1, 0.15) is 25.0 Å². The van der Waals surface area contributed by atoms with Gasteiger partial charge in [0.05, 0.1) is 31.6 Å². The van der Waals surface area contributed by atoms with E-state index in [1.165, 1.54) is 0 Å². The van der Waals surface area contributed by atoms with Crippen LogP contribution in [0.15, 0.2) is 24.4 Å². The molecule has 2 amide bonds. The van der Waals surface area contributed by atoms with Gasteiger partial charge in [0.25, 0.3) is 0 Å². The van der Waals surface area contributed by atoms with Gasteiger partial charge in [-0.25, -0.2) is 0 Å². The molecule has 2 N–H and O–H groups in total. The number of aliphatic hydroxyl groups excluding tert-OH is 1. The molecule has 3 atom stereocenters. The molecule has 0 bridgehead atoms. The lowest BCUT2D eigenvalue weighted by Crippen LogP contribution is -2.52. The molecule has 2 aliphatic rings. The van der Waals surface area contributed by atoms with Gasteiger partial charge in [0.1, 0.15) is 6.10 Å². The smallest absolute Gasteiger partial charge is 0.226 e. The maximum atomic E-state index is 12.5. The number of pyridine rings is 1. The number of ether oxygens (including phenoxy) is 1. The number of piperazine rings is 1. The molecule has 8 heteroatoms. The number of amides is 2. The maximum Gasteiger partial charge on any atom is 0.226 e. The van der Waals surface area contributed by atoms with Crippen LogP contribution < -0.4 is 5.32 Å². The van der Waals surface area contributed by atoms with Gasteiger partial charge in [0.15, 0.2) is 0 Å². The van der Waals surface area contributed by atoms with Crippen molar-refractivity contribution in [2.45, 2.75) is 43.9 Å². The Hall–Kier alpha value is -2.03. The van der Waals surface area contributed by atoms with Crippen LogP contribution in [-0.4, -0.2) is 89.8 Å². The Morgan fingerprint density at radius 2 is 2.04 bits per heavy atom. The highest BCUT2D eigenvalue weighted by Gasteiger charge is 2.33. The maximum absolute atomic E-state index is 12.5. The van der Waals surface area contributed by atoms with Crippen LogP contribution in [0.25, 0.3) is 0 Å². The molecule has 154 valence electrons.